The molecule has 2 aromatic rings. The van der Waals surface area contributed by atoms with Crippen molar-refractivity contribution in [1.29, 1.82) is 0 Å². The van der Waals surface area contributed by atoms with Gasteiger partial charge in [0.15, 0.2) is 0 Å². The second-order valence-corrected chi connectivity index (χ2v) is 6.35. The van der Waals surface area contributed by atoms with Crippen LogP contribution < -0.4 is 10.6 Å². The van der Waals surface area contributed by atoms with E-state index in [1.54, 1.807) is 20.8 Å². The van der Waals surface area contributed by atoms with Crippen molar-refractivity contribution in [3.8, 4) is 0 Å². The number of carbonyl (C=O) groups excluding carboxylic acids is 1. The molecule has 0 unspecified atom stereocenters. The van der Waals surface area contributed by atoms with Gasteiger partial charge >= 0.3 is 12.3 Å². The van der Waals surface area contributed by atoms with Crippen LogP contribution in [0.15, 0.2) is 36.4 Å². The SMILES string of the molecule is CC(C)(C)OC(=O)Nc1ccc(F)c(Nc2cccc(C(F)(F)F)n2)c1. The van der Waals surface area contributed by atoms with Gasteiger partial charge < -0.3 is 10.1 Å². The Bertz CT molecular complexity index is 801. The number of pyridine rings is 1. The number of alkyl halides is 3. The molecule has 1 aromatic heterocycles. The van der Waals surface area contributed by atoms with E-state index in [0.717, 1.165) is 18.2 Å². The van der Waals surface area contributed by atoms with Crippen molar-refractivity contribution in [2.45, 2.75) is 32.5 Å². The highest BCUT2D eigenvalue weighted by molar-refractivity contribution is 5.85. The molecule has 1 heterocycles. The number of aromatic nitrogens is 1. The first-order valence-corrected chi connectivity index (χ1v) is 7.55. The Hall–Kier alpha value is -2.84. The largest absolute Gasteiger partial charge is 0.444 e. The Morgan fingerprint density at radius 2 is 1.81 bits per heavy atom. The molecule has 0 saturated heterocycles. The summed E-state index contributed by atoms with van der Waals surface area (Å²) >= 11 is 0. The van der Waals surface area contributed by atoms with Gasteiger partial charge in [-0.15, -0.1) is 0 Å². The zero-order valence-corrected chi connectivity index (χ0v) is 14.2. The van der Waals surface area contributed by atoms with E-state index in [9.17, 15) is 22.4 Å². The van der Waals surface area contributed by atoms with Crippen LogP contribution in [0, 0.1) is 5.82 Å². The van der Waals surface area contributed by atoms with Gasteiger partial charge in [0.05, 0.1) is 5.69 Å². The predicted octanol–water partition coefficient (Wildman–Crippen LogP) is 5.33. The van der Waals surface area contributed by atoms with Crippen molar-refractivity contribution in [1.82, 2.24) is 4.98 Å². The van der Waals surface area contributed by atoms with Crippen LogP contribution in [0.2, 0.25) is 0 Å². The molecule has 26 heavy (non-hydrogen) atoms. The highest BCUT2D eigenvalue weighted by Crippen LogP contribution is 2.29. The maximum atomic E-state index is 13.9. The molecule has 0 spiro atoms. The van der Waals surface area contributed by atoms with Gasteiger partial charge in [-0.05, 0) is 51.1 Å². The van der Waals surface area contributed by atoms with Crippen molar-refractivity contribution < 1.29 is 27.1 Å². The Balaban J connectivity index is 2.19. The molecule has 1 amide bonds. The molecule has 0 fully saturated rings. The number of ether oxygens (including phenoxy) is 1. The van der Waals surface area contributed by atoms with E-state index in [4.69, 9.17) is 4.74 Å². The topological polar surface area (TPSA) is 63.2 Å². The lowest BCUT2D eigenvalue weighted by Gasteiger charge is -2.20. The van der Waals surface area contributed by atoms with Crippen molar-refractivity contribution in [2.75, 3.05) is 10.6 Å². The van der Waals surface area contributed by atoms with Crippen LogP contribution >= 0.6 is 0 Å². The highest BCUT2D eigenvalue weighted by atomic mass is 19.4. The zero-order valence-electron chi connectivity index (χ0n) is 14.2. The van der Waals surface area contributed by atoms with Gasteiger partial charge in [-0.3, -0.25) is 5.32 Å². The van der Waals surface area contributed by atoms with Crippen molar-refractivity contribution in [3.63, 3.8) is 0 Å². The molecule has 140 valence electrons. The van der Waals surface area contributed by atoms with Crippen LogP contribution in [-0.2, 0) is 10.9 Å². The number of carbonyl (C=O) groups is 1. The first-order valence-electron chi connectivity index (χ1n) is 7.55. The molecule has 0 aliphatic rings. The van der Waals surface area contributed by atoms with Crippen LogP contribution in [0.4, 0.5) is 39.5 Å². The molecule has 0 saturated carbocycles. The van der Waals surface area contributed by atoms with Gasteiger partial charge in [-0.1, -0.05) is 6.07 Å². The first kappa shape index (κ1) is 19.5. The van der Waals surface area contributed by atoms with E-state index >= 15 is 0 Å². The Kier molecular flexibility index (Phi) is 5.38. The number of nitrogens with zero attached hydrogens (tertiary/aromatic N) is 1. The number of anilines is 3. The summed E-state index contributed by atoms with van der Waals surface area (Å²) in [5.41, 5.74) is -1.76. The molecule has 9 heteroatoms. The maximum Gasteiger partial charge on any atom is 0.433 e. The monoisotopic (exact) mass is 371 g/mol. The zero-order chi connectivity index (χ0) is 19.5. The molecular weight excluding hydrogens is 354 g/mol. The average Bonchev–Trinajstić information content (AvgIpc) is 2.48. The fraction of sp³-hybridized carbons (Fsp3) is 0.294. The summed E-state index contributed by atoms with van der Waals surface area (Å²) in [5.74, 6) is -0.910. The fourth-order valence-corrected chi connectivity index (χ4v) is 1.92. The molecule has 0 bridgehead atoms. The number of nitrogens with one attached hydrogen (secondary N) is 2. The summed E-state index contributed by atoms with van der Waals surface area (Å²) in [6.45, 7) is 5.05. The summed E-state index contributed by atoms with van der Waals surface area (Å²) in [5, 5.41) is 4.89. The summed E-state index contributed by atoms with van der Waals surface area (Å²) in [7, 11) is 0. The second-order valence-electron chi connectivity index (χ2n) is 6.35. The van der Waals surface area contributed by atoms with E-state index in [0.29, 0.717) is 0 Å². The molecule has 5 nitrogen and oxygen atoms in total. The predicted molar refractivity (Wildman–Crippen MR) is 88.8 cm³/mol. The molecule has 1 aromatic carbocycles. The third-order valence-corrected chi connectivity index (χ3v) is 2.91. The molecule has 0 aliphatic heterocycles. The van der Waals surface area contributed by atoms with Crippen molar-refractivity contribution in [3.05, 3.63) is 47.9 Å². The van der Waals surface area contributed by atoms with Gasteiger partial charge in [0.2, 0.25) is 0 Å². The fourth-order valence-electron chi connectivity index (χ4n) is 1.92. The summed E-state index contributed by atoms with van der Waals surface area (Å²) in [4.78, 5) is 15.2. The molecular formula is C17H17F4N3O2. The standard InChI is InChI=1S/C17H17F4N3O2/c1-16(2,3)26-15(25)22-10-7-8-11(18)12(9-10)23-14-6-4-5-13(24-14)17(19,20)21/h4-9H,1-3H3,(H,22,25)(H,23,24). The average molecular weight is 371 g/mol. The van der Waals surface area contributed by atoms with E-state index in [1.165, 1.54) is 18.2 Å². The third kappa shape index (κ3) is 5.61. The molecule has 0 aliphatic carbocycles. The lowest BCUT2D eigenvalue weighted by atomic mass is 10.2. The number of rotatable bonds is 3. The van der Waals surface area contributed by atoms with Crippen LogP contribution in [0.1, 0.15) is 26.5 Å². The lowest BCUT2D eigenvalue weighted by Crippen LogP contribution is -2.27. The van der Waals surface area contributed by atoms with Crippen LogP contribution in [0.5, 0.6) is 0 Å². The molecule has 0 radical (unpaired) electrons. The maximum absolute atomic E-state index is 13.9. The van der Waals surface area contributed by atoms with E-state index < -0.39 is 29.4 Å². The second kappa shape index (κ2) is 7.19. The number of benzene rings is 1. The quantitative estimate of drug-likeness (QED) is 0.716. The minimum atomic E-state index is -4.61. The Labute approximate surface area is 147 Å². The Morgan fingerprint density at radius 1 is 1.12 bits per heavy atom. The van der Waals surface area contributed by atoms with Crippen molar-refractivity contribution >= 4 is 23.3 Å². The van der Waals surface area contributed by atoms with Gasteiger partial charge in [0.25, 0.3) is 0 Å². The summed E-state index contributed by atoms with van der Waals surface area (Å²) < 4.78 is 57.1. The number of hydrogen-bond acceptors (Lipinski definition) is 4. The number of amides is 1. The minimum absolute atomic E-state index is 0.148. The first-order chi connectivity index (χ1) is 11.9. The number of halogens is 4. The van der Waals surface area contributed by atoms with E-state index in [2.05, 4.69) is 15.6 Å². The van der Waals surface area contributed by atoms with Crippen LogP contribution in [0.3, 0.4) is 0 Å². The third-order valence-electron chi connectivity index (χ3n) is 2.91. The smallest absolute Gasteiger partial charge is 0.433 e. The van der Waals surface area contributed by atoms with Gasteiger partial charge in [-0.25, -0.2) is 14.2 Å². The molecule has 2 N–H and O–H groups in total. The summed E-state index contributed by atoms with van der Waals surface area (Å²) in [6, 6.07) is 6.80. The molecule has 2 rings (SSSR count). The van der Waals surface area contributed by atoms with Gasteiger partial charge in [0.1, 0.15) is 22.9 Å². The number of hydrogen-bond donors (Lipinski definition) is 2. The lowest BCUT2D eigenvalue weighted by molar-refractivity contribution is -0.141. The van der Waals surface area contributed by atoms with Crippen LogP contribution in [0.25, 0.3) is 0 Å². The van der Waals surface area contributed by atoms with E-state index in [1.807, 2.05) is 0 Å². The molecule has 0 atom stereocenters. The highest BCUT2D eigenvalue weighted by Gasteiger charge is 2.32. The normalized spacial score (nSPS) is 11.8. The van der Waals surface area contributed by atoms with E-state index in [-0.39, 0.29) is 17.2 Å². The summed E-state index contributed by atoms with van der Waals surface area (Å²) in [6.07, 6.45) is -5.36. The Morgan fingerprint density at radius 3 is 2.42 bits per heavy atom. The van der Waals surface area contributed by atoms with Crippen molar-refractivity contribution in [2.24, 2.45) is 0 Å². The van der Waals surface area contributed by atoms with Gasteiger partial charge in [-0.2, -0.15) is 13.2 Å². The van der Waals surface area contributed by atoms with Crippen LogP contribution in [-0.4, -0.2) is 16.7 Å². The minimum Gasteiger partial charge on any atom is -0.444 e. The van der Waals surface area contributed by atoms with Gasteiger partial charge in [0, 0.05) is 5.69 Å².